The van der Waals surface area contributed by atoms with E-state index < -0.39 is 0 Å². The number of hydrogen-bond acceptors (Lipinski definition) is 5. The number of fused-ring (bicyclic) bond motifs is 1. The molecule has 7 heteroatoms. The molecule has 0 saturated carbocycles. The van der Waals surface area contributed by atoms with E-state index in [0.29, 0.717) is 11.4 Å². The molecule has 0 bridgehead atoms. The molecule has 2 aromatic heterocycles. The van der Waals surface area contributed by atoms with Crippen LogP contribution in [0, 0.1) is 4.77 Å². The Labute approximate surface area is 186 Å². The SMILES string of the molecule is COc1ccc2c(c1)CN(Cn1nc(-c3ccncc3)n(-c3ccccc3)c1=S)CC2. The Hall–Kier alpha value is -3.29. The van der Waals surface area contributed by atoms with E-state index in [9.17, 15) is 0 Å². The van der Waals surface area contributed by atoms with Gasteiger partial charge >= 0.3 is 0 Å². The van der Waals surface area contributed by atoms with Gasteiger partial charge in [-0.3, -0.25) is 14.5 Å². The number of nitrogens with zero attached hydrogens (tertiary/aromatic N) is 5. The van der Waals surface area contributed by atoms with Crippen molar-refractivity contribution in [1.82, 2.24) is 24.2 Å². The molecule has 1 aliphatic heterocycles. The lowest BCUT2D eigenvalue weighted by molar-refractivity contribution is 0.188. The fourth-order valence-corrected chi connectivity index (χ4v) is 4.32. The van der Waals surface area contributed by atoms with Crippen LogP contribution in [0.15, 0.2) is 73.1 Å². The molecule has 1 aliphatic rings. The van der Waals surface area contributed by atoms with E-state index >= 15 is 0 Å². The second-order valence-electron chi connectivity index (χ2n) is 7.59. The third-order valence-electron chi connectivity index (χ3n) is 5.63. The van der Waals surface area contributed by atoms with Gasteiger partial charge in [-0.15, -0.1) is 5.10 Å². The highest BCUT2D eigenvalue weighted by Gasteiger charge is 2.20. The van der Waals surface area contributed by atoms with Crippen LogP contribution in [0.3, 0.4) is 0 Å². The highest BCUT2D eigenvalue weighted by molar-refractivity contribution is 7.71. The van der Waals surface area contributed by atoms with Crippen LogP contribution in [0.5, 0.6) is 5.75 Å². The normalized spacial score (nSPS) is 13.7. The maximum Gasteiger partial charge on any atom is 0.204 e. The van der Waals surface area contributed by atoms with Crippen LogP contribution in [-0.2, 0) is 19.6 Å². The Balaban J connectivity index is 1.50. The maximum absolute atomic E-state index is 5.88. The molecule has 156 valence electrons. The minimum Gasteiger partial charge on any atom is -0.497 e. The van der Waals surface area contributed by atoms with Crippen molar-refractivity contribution in [2.24, 2.45) is 0 Å². The van der Waals surface area contributed by atoms with Crippen LogP contribution in [-0.4, -0.2) is 37.9 Å². The number of benzene rings is 2. The summed E-state index contributed by atoms with van der Waals surface area (Å²) in [5.74, 6) is 1.71. The smallest absolute Gasteiger partial charge is 0.204 e. The van der Waals surface area contributed by atoms with Crippen molar-refractivity contribution in [3.63, 3.8) is 0 Å². The minimum absolute atomic E-state index is 0.632. The van der Waals surface area contributed by atoms with E-state index in [-0.39, 0.29) is 0 Å². The summed E-state index contributed by atoms with van der Waals surface area (Å²) in [6.07, 6.45) is 4.56. The van der Waals surface area contributed by atoms with Crippen molar-refractivity contribution >= 4 is 12.2 Å². The molecule has 0 saturated heterocycles. The van der Waals surface area contributed by atoms with Crippen LogP contribution < -0.4 is 4.74 Å². The quantitative estimate of drug-likeness (QED) is 0.438. The van der Waals surface area contributed by atoms with E-state index in [2.05, 4.69) is 34.1 Å². The Morgan fingerprint density at radius 2 is 1.81 bits per heavy atom. The summed E-state index contributed by atoms with van der Waals surface area (Å²) in [5.41, 5.74) is 4.67. The number of ether oxygens (including phenoxy) is 1. The standard InChI is InChI=1S/C24H23N5OS/c1-30-22-8-7-18-11-14-27(16-20(18)15-22)17-28-24(31)29(21-5-3-2-4-6-21)23(26-28)19-9-12-25-13-10-19/h2-10,12-13,15H,11,14,16-17H2,1H3. The average Bonchev–Trinajstić information content (AvgIpc) is 3.15. The van der Waals surface area contributed by atoms with E-state index in [1.54, 1.807) is 19.5 Å². The number of methoxy groups -OCH3 is 1. The average molecular weight is 430 g/mol. The van der Waals surface area contributed by atoms with E-state index in [0.717, 1.165) is 42.3 Å². The van der Waals surface area contributed by atoms with Crippen LogP contribution in [0.4, 0.5) is 0 Å². The van der Waals surface area contributed by atoms with E-state index in [4.69, 9.17) is 22.1 Å². The Kier molecular flexibility index (Phi) is 5.36. The van der Waals surface area contributed by atoms with Crippen molar-refractivity contribution in [3.05, 3.63) is 89.0 Å². The lowest BCUT2D eigenvalue weighted by Gasteiger charge is -2.28. The lowest BCUT2D eigenvalue weighted by atomic mass is 10.00. The van der Waals surface area contributed by atoms with Crippen LogP contribution >= 0.6 is 12.2 Å². The molecular weight excluding hydrogens is 406 g/mol. The number of para-hydroxylation sites is 1. The van der Waals surface area contributed by atoms with Gasteiger partial charge in [-0.05, 0) is 66.2 Å². The fourth-order valence-electron chi connectivity index (χ4n) is 4.03. The van der Waals surface area contributed by atoms with Gasteiger partial charge in [0.1, 0.15) is 5.75 Å². The largest absolute Gasteiger partial charge is 0.497 e. The van der Waals surface area contributed by atoms with E-state index in [1.807, 2.05) is 45.6 Å². The highest BCUT2D eigenvalue weighted by Crippen LogP contribution is 2.26. The third-order valence-corrected chi connectivity index (χ3v) is 6.02. The molecule has 0 unspecified atom stereocenters. The van der Waals surface area contributed by atoms with Crippen molar-refractivity contribution in [3.8, 4) is 22.8 Å². The molecule has 0 aliphatic carbocycles. The molecule has 0 radical (unpaired) electrons. The zero-order chi connectivity index (χ0) is 21.2. The molecule has 2 aromatic carbocycles. The summed E-state index contributed by atoms with van der Waals surface area (Å²) in [5, 5.41) is 4.92. The number of aromatic nitrogens is 4. The minimum atomic E-state index is 0.632. The van der Waals surface area contributed by atoms with Crippen molar-refractivity contribution < 1.29 is 4.74 Å². The van der Waals surface area contributed by atoms with Crippen molar-refractivity contribution in [1.29, 1.82) is 0 Å². The molecule has 6 nitrogen and oxygen atoms in total. The molecule has 0 fully saturated rings. The second-order valence-corrected chi connectivity index (χ2v) is 7.96. The summed E-state index contributed by atoms with van der Waals surface area (Å²) in [4.78, 5) is 6.51. The first-order chi connectivity index (χ1) is 15.2. The summed E-state index contributed by atoms with van der Waals surface area (Å²) in [7, 11) is 1.71. The number of hydrogen-bond donors (Lipinski definition) is 0. The Morgan fingerprint density at radius 3 is 2.58 bits per heavy atom. The first-order valence-corrected chi connectivity index (χ1v) is 10.7. The molecule has 31 heavy (non-hydrogen) atoms. The third kappa shape index (κ3) is 3.89. The lowest BCUT2D eigenvalue weighted by Crippen LogP contribution is -2.32. The van der Waals surface area contributed by atoms with Crippen LogP contribution in [0.1, 0.15) is 11.1 Å². The van der Waals surface area contributed by atoms with Gasteiger partial charge in [0.25, 0.3) is 0 Å². The van der Waals surface area contributed by atoms with Crippen LogP contribution in [0.25, 0.3) is 17.1 Å². The summed E-state index contributed by atoms with van der Waals surface area (Å²) >= 11 is 5.88. The molecule has 0 spiro atoms. The summed E-state index contributed by atoms with van der Waals surface area (Å²) in [6, 6.07) is 20.4. The fraction of sp³-hybridized carbons (Fsp3) is 0.208. The van der Waals surface area contributed by atoms with Gasteiger partial charge in [0.15, 0.2) is 5.82 Å². The summed E-state index contributed by atoms with van der Waals surface area (Å²) in [6.45, 7) is 2.44. The molecule has 4 aromatic rings. The molecular formula is C24H23N5OS. The topological polar surface area (TPSA) is 48.1 Å². The number of rotatable bonds is 5. The zero-order valence-corrected chi connectivity index (χ0v) is 18.1. The van der Waals surface area contributed by atoms with Gasteiger partial charge in [0.2, 0.25) is 4.77 Å². The zero-order valence-electron chi connectivity index (χ0n) is 17.3. The summed E-state index contributed by atoms with van der Waals surface area (Å²) < 4.78 is 10.0. The Bertz CT molecular complexity index is 1250. The van der Waals surface area contributed by atoms with Gasteiger partial charge in [0.05, 0.1) is 13.8 Å². The predicted molar refractivity (Wildman–Crippen MR) is 123 cm³/mol. The number of pyridine rings is 1. The molecule has 3 heterocycles. The van der Waals surface area contributed by atoms with Crippen LogP contribution in [0.2, 0.25) is 0 Å². The van der Waals surface area contributed by atoms with Crippen molar-refractivity contribution in [2.75, 3.05) is 13.7 Å². The molecule has 0 atom stereocenters. The first-order valence-electron chi connectivity index (χ1n) is 10.3. The van der Waals surface area contributed by atoms with Gasteiger partial charge in [0, 0.05) is 36.7 Å². The second kappa shape index (κ2) is 8.45. The van der Waals surface area contributed by atoms with Gasteiger partial charge in [-0.25, -0.2) is 4.68 Å². The molecule has 5 rings (SSSR count). The van der Waals surface area contributed by atoms with Gasteiger partial charge < -0.3 is 4.74 Å². The van der Waals surface area contributed by atoms with Crippen molar-refractivity contribution in [2.45, 2.75) is 19.6 Å². The predicted octanol–water partition coefficient (Wildman–Crippen LogP) is 4.49. The molecule has 0 N–H and O–H groups in total. The van der Waals surface area contributed by atoms with Gasteiger partial charge in [-0.2, -0.15) is 0 Å². The first kappa shape index (κ1) is 19.7. The highest BCUT2D eigenvalue weighted by atomic mass is 32.1. The molecule has 0 amide bonds. The monoisotopic (exact) mass is 429 g/mol. The van der Waals surface area contributed by atoms with Gasteiger partial charge in [-0.1, -0.05) is 24.3 Å². The van der Waals surface area contributed by atoms with E-state index in [1.165, 1.54) is 11.1 Å². The maximum atomic E-state index is 5.88. The Morgan fingerprint density at radius 1 is 1.00 bits per heavy atom.